The van der Waals surface area contributed by atoms with Gasteiger partial charge in [0.15, 0.2) is 0 Å². The first kappa shape index (κ1) is 9.31. The van der Waals surface area contributed by atoms with Gasteiger partial charge in [0.05, 0.1) is 6.61 Å². The summed E-state index contributed by atoms with van der Waals surface area (Å²) in [5, 5.41) is 0. The first-order valence-electron chi connectivity index (χ1n) is 5.39. The molecule has 3 fully saturated rings. The molecule has 0 saturated heterocycles. The first-order valence-corrected chi connectivity index (χ1v) is 5.39. The Balaban J connectivity index is 1.77. The molecule has 2 bridgehead atoms. The predicted molar refractivity (Wildman–Crippen MR) is 57.4 cm³/mol. The normalized spacial score (nSPS) is 36.9. The summed E-state index contributed by atoms with van der Waals surface area (Å²) >= 11 is 0. The molecule has 80 valence electrons. The van der Waals surface area contributed by atoms with Gasteiger partial charge in [0, 0.05) is 30.0 Å². The summed E-state index contributed by atoms with van der Waals surface area (Å²) in [5.41, 5.74) is 8.88. The van der Waals surface area contributed by atoms with Crippen molar-refractivity contribution in [3.8, 4) is 0 Å². The van der Waals surface area contributed by atoms with Crippen LogP contribution in [0.5, 0.6) is 0 Å². The molecule has 3 nitrogen and oxygen atoms in total. The lowest BCUT2D eigenvalue weighted by Gasteiger charge is -2.68. The molecule has 15 heavy (non-hydrogen) atoms. The van der Waals surface area contributed by atoms with Crippen LogP contribution in [0.15, 0.2) is 18.3 Å². The van der Waals surface area contributed by atoms with E-state index in [9.17, 15) is 0 Å². The largest absolute Gasteiger partial charge is 0.380 e. The topological polar surface area (TPSA) is 48.1 Å². The van der Waals surface area contributed by atoms with Crippen molar-refractivity contribution >= 4 is 0 Å². The van der Waals surface area contributed by atoms with E-state index < -0.39 is 0 Å². The van der Waals surface area contributed by atoms with Crippen LogP contribution in [0.25, 0.3) is 0 Å². The maximum absolute atomic E-state index is 6.04. The molecule has 0 amide bonds. The Bertz CT molecular complexity index is 365. The molecular weight excluding hydrogens is 188 g/mol. The maximum Gasteiger partial charge on any atom is 0.0728 e. The van der Waals surface area contributed by atoms with Crippen molar-refractivity contribution in [2.45, 2.75) is 36.8 Å². The van der Waals surface area contributed by atoms with Gasteiger partial charge < -0.3 is 10.5 Å². The molecule has 4 rings (SSSR count). The summed E-state index contributed by atoms with van der Waals surface area (Å²) in [6, 6.07) is 4.24. The first-order chi connectivity index (χ1) is 7.16. The Morgan fingerprint density at radius 2 is 2.13 bits per heavy atom. The highest BCUT2D eigenvalue weighted by Crippen LogP contribution is 2.65. The Morgan fingerprint density at radius 3 is 2.60 bits per heavy atom. The van der Waals surface area contributed by atoms with Crippen molar-refractivity contribution in [1.82, 2.24) is 4.98 Å². The van der Waals surface area contributed by atoms with Gasteiger partial charge in [0.25, 0.3) is 0 Å². The molecule has 0 atom stereocenters. The third kappa shape index (κ3) is 1.23. The minimum Gasteiger partial charge on any atom is -0.380 e. The van der Waals surface area contributed by atoms with Crippen LogP contribution in [0.1, 0.15) is 30.5 Å². The van der Waals surface area contributed by atoms with E-state index in [2.05, 4.69) is 17.1 Å². The monoisotopic (exact) mass is 204 g/mol. The van der Waals surface area contributed by atoms with Crippen LogP contribution in [0.3, 0.4) is 0 Å². The van der Waals surface area contributed by atoms with E-state index in [-0.39, 0.29) is 5.54 Å². The highest BCUT2D eigenvalue weighted by atomic mass is 16.5. The molecule has 3 aliphatic carbocycles. The molecular formula is C12H16N2O. The number of aromatic nitrogens is 1. The van der Waals surface area contributed by atoms with Crippen molar-refractivity contribution in [2.24, 2.45) is 5.73 Å². The molecule has 3 saturated carbocycles. The quantitative estimate of drug-likeness (QED) is 0.808. The van der Waals surface area contributed by atoms with E-state index >= 15 is 0 Å². The van der Waals surface area contributed by atoms with Gasteiger partial charge >= 0.3 is 0 Å². The van der Waals surface area contributed by atoms with E-state index in [4.69, 9.17) is 10.5 Å². The Kier molecular flexibility index (Phi) is 1.74. The van der Waals surface area contributed by atoms with Crippen LogP contribution >= 0.6 is 0 Å². The van der Waals surface area contributed by atoms with E-state index in [0.717, 1.165) is 24.8 Å². The minimum absolute atomic E-state index is 0.160. The second-order valence-corrected chi connectivity index (χ2v) is 5.16. The average molecular weight is 204 g/mol. The van der Waals surface area contributed by atoms with E-state index in [1.165, 1.54) is 5.69 Å². The summed E-state index contributed by atoms with van der Waals surface area (Å²) in [6.45, 7) is 0.640. The third-order valence-electron chi connectivity index (χ3n) is 3.75. The molecule has 0 spiro atoms. The number of ether oxygens (including phenoxy) is 1. The lowest BCUT2D eigenvalue weighted by Crippen LogP contribution is -2.74. The maximum atomic E-state index is 6.04. The second-order valence-electron chi connectivity index (χ2n) is 5.16. The summed E-state index contributed by atoms with van der Waals surface area (Å²) < 4.78 is 5.06. The molecule has 0 aliphatic heterocycles. The number of nitrogens with zero attached hydrogens (tertiary/aromatic N) is 1. The summed E-state index contributed by atoms with van der Waals surface area (Å²) in [7, 11) is 1.70. The van der Waals surface area contributed by atoms with Gasteiger partial charge in [-0.05, 0) is 30.9 Å². The standard InChI is InChI=1S/C12H16N2O/c1-15-5-9-2-3-10(14-4-9)11-6-12(13,7-11)8-11/h2-4H,5-8,13H2,1H3. The molecule has 0 radical (unpaired) electrons. The van der Waals surface area contributed by atoms with Crippen molar-refractivity contribution in [2.75, 3.05) is 7.11 Å². The molecule has 1 aromatic rings. The summed E-state index contributed by atoms with van der Waals surface area (Å²) in [4.78, 5) is 4.52. The molecule has 0 aromatic carbocycles. The van der Waals surface area contributed by atoms with Gasteiger partial charge in [-0.1, -0.05) is 6.07 Å². The smallest absolute Gasteiger partial charge is 0.0728 e. The lowest BCUT2D eigenvalue weighted by atomic mass is 9.39. The SMILES string of the molecule is COCc1ccc(C23CC(N)(C2)C3)nc1. The Labute approximate surface area is 89.6 Å². The summed E-state index contributed by atoms with van der Waals surface area (Å²) in [6.07, 6.45) is 5.28. The fraction of sp³-hybridized carbons (Fsp3) is 0.583. The van der Waals surface area contributed by atoms with E-state index in [1.54, 1.807) is 7.11 Å². The van der Waals surface area contributed by atoms with Gasteiger partial charge in [-0.15, -0.1) is 0 Å². The van der Waals surface area contributed by atoms with Crippen LogP contribution in [-0.2, 0) is 16.8 Å². The zero-order chi connectivity index (χ0) is 10.5. The number of methoxy groups -OCH3 is 1. The van der Waals surface area contributed by atoms with Crippen molar-refractivity contribution in [3.05, 3.63) is 29.6 Å². The predicted octanol–water partition coefficient (Wildman–Crippen LogP) is 1.36. The Hall–Kier alpha value is -0.930. The minimum atomic E-state index is 0.160. The summed E-state index contributed by atoms with van der Waals surface area (Å²) in [5.74, 6) is 0. The van der Waals surface area contributed by atoms with Gasteiger partial charge in [-0.3, -0.25) is 4.98 Å². The number of nitrogens with two attached hydrogens (primary N) is 1. The van der Waals surface area contributed by atoms with Gasteiger partial charge in [0.2, 0.25) is 0 Å². The third-order valence-corrected chi connectivity index (χ3v) is 3.75. The number of hydrogen-bond acceptors (Lipinski definition) is 3. The van der Waals surface area contributed by atoms with E-state index in [0.29, 0.717) is 12.0 Å². The number of pyridine rings is 1. The second kappa shape index (κ2) is 2.80. The molecule has 3 aliphatic rings. The van der Waals surface area contributed by atoms with Crippen LogP contribution in [0.4, 0.5) is 0 Å². The fourth-order valence-electron chi connectivity index (χ4n) is 3.13. The molecule has 2 N–H and O–H groups in total. The van der Waals surface area contributed by atoms with Crippen molar-refractivity contribution in [3.63, 3.8) is 0 Å². The molecule has 3 heteroatoms. The van der Waals surface area contributed by atoms with Crippen LogP contribution in [0, 0.1) is 0 Å². The zero-order valence-corrected chi connectivity index (χ0v) is 8.99. The van der Waals surface area contributed by atoms with Gasteiger partial charge in [-0.2, -0.15) is 0 Å². The highest BCUT2D eigenvalue weighted by molar-refractivity contribution is 5.37. The Morgan fingerprint density at radius 1 is 1.40 bits per heavy atom. The van der Waals surface area contributed by atoms with Crippen molar-refractivity contribution < 1.29 is 4.74 Å². The molecule has 0 unspecified atom stereocenters. The number of rotatable bonds is 3. The molecule has 1 heterocycles. The van der Waals surface area contributed by atoms with E-state index in [1.807, 2.05) is 6.20 Å². The van der Waals surface area contributed by atoms with Crippen LogP contribution in [-0.4, -0.2) is 17.6 Å². The van der Waals surface area contributed by atoms with Crippen LogP contribution < -0.4 is 5.73 Å². The fourth-order valence-corrected chi connectivity index (χ4v) is 3.13. The lowest BCUT2D eigenvalue weighted by molar-refractivity contribution is -0.0620. The van der Waals surface area contributed by atoms with Gasteiger partial charge in [-0.25, -0.2) is 0 Å². The van der Waals surface area contributed by atoms with Crippen molar-refractivity contribution in [1.29, 1.82) is 0 Å². The molecule has 1 aromatic heterocycles. The number of hydrogen-bond donors (Lipinski definition) is 1. The zero-order valence-electron chi connectivity index (χ0n) is 8.99. The van der Waals surface area contributed by atoms with Gasteiger partial charge in [0.1, 0.15) is 0 Å². The average Bonchev–Trinajstić information content (AvgIpc) is 2.14. The van der Waals surface area contributed by atoms with Crippen LogP contribution in [0.2, 0.25) is 0 Å². The highest BCUT2D eigenvalue weighted by Gasteiger charge is 2.67.